The second-order valence-electron chi connectivity index (χ2n) is 4.81. The number of aromatic nitrogens is 1. The lowest BCUT2D eigenvalue weighted by Crippen LogP contribution is -2.22. The molecule has 0 saturated carbocycles. The summed E-state index contributed by atoms with van der Waals surface area (Å²) in [6.45, 7) is 1.83. The standard InChI is InChI=1S/C16H17FN2O2/c1-11(9-12-3-5-13(17)6-4-12)16(20)19-14-7-8-15(21-2)18-10-14/h3-8,10-11H,9H2,1-2H3,(H,19,20). The molecule has 0 aliphatic heterocycles. The number of anilines is 1. The van der Waals surface area contributed by atoms with Crippen LogP contribution in [0.15, 0.2) is 42.6 Å². The van der Waals surface area contributed by atoms with Crippen LogP contribution in [0.5, 0.6) is 5.88 Å². The van der Waals surface area contributed by atoms with Gasteiger partial charge in [-0.3, -0.25) is 4.79 Å². The first-order chi connectivity index (χ1) is 10.1. The Labute approximate surface area is 123 Å². The second-order valence-corrected chi connectivity index (χ2v) is 4.81. The summed E-state index contributed by atoms with van der Waals surface area (Å²) in [4.78, 5) is 16.1. The summed E-state index contributed by atoms with van der Waals surface area (Å²) in [5, 5.41) is 2.79. The lowest BCUT2D eigenvalue weighted by Gasteiger charge is -2.12. The molecule has 2 rings (SSSR count). The lowest BCUT2D eigenvalue weighted by atomic mass is 10.0. The van der Waals surface area contributed by atoms with E-state index in [9.17, 15) is 9.18 Å². The van der Waals surface area contributed by atoms with E-state index in [1.807, 2.05) is 6.92 Å². The molecule has 4 nitrogen and oxygen atoms in total. The first-order valence-corrected chi connectivity index (χ1v) is 6.64. The second kappa shape index (κ2) is 6.83. The van der Waals surface area contributed by atoms with Crippen molar-refractivity contribution in [3.8, 4) is 5.88 Å². The molecule has 1 atom stereocenters. The number of nitrogens with zero attached hydrogens (tertiary/aromatic N) is 1. The summed E-state index contributed by atoms with van der Waals surface area (Å²) in [5.41, 5.74) is 1.54. The third-order valence-electron chi connectivity index (χ3n) is 3.12. The highest BCUT2D eigenvalue weighted by molar-refractivity contribution is 5.92. The number of nitrogens with one attached hydrogen (secondary N) is 1. The van der Waals surface area contributed by atoms with Gasteiger partial charge in [0, 0.05) is 12.0 Å². The Morgan fingerprint density at radius 2 is 2.00 bits per heavy atom. The number of rotatable bonds is 5. The zero-order valence-corrected chi connectivity index (χ0v) is 12.0. The average Bonchev–Trinajstić information content (AvgIpc) is 2.50. The molecule has 1 aromatic heterocycles. The quantitative estimate of drug-likeness (QED) is 0.920. The van der Waals surface area contributed by atoms with E-state index in [4.69, 9.17) is 4.74 Å². The van der Waals surface area contributed by atoms with Crippen LogP contribution in [0.25, 0.3) is 0 Å². The van der Waals surface area contributed by atoms with Gasteiger partial charge in [0.1, 0.15) is 5.82 Å². The Kier molecular flexibility index (Phi) is 4.87. The molecule has 0 bridgehead atoms. The van der Waals surface area contributed by atoms with Crippen molar-refractivity contribution in [1.82, 2.24) is 4.98 Å². The lowest BCUT2D eigenvalue weighted by molar-refractivity contribution is -0.119. The van der Waals surface area contributed by atoms with Crippen LogP contribution in [-0.4, -0.2) is 18.0 Å². The number of amides is 1. The van der Waals surface area contributed by atoms with Gasteiger partial charge >= 0.3 is 0 Å². The Hall–Kier alpha value is -2.43. The van der Waals surface area contributed by atoms with E-state index in [1.54, 1.807) is 30.5 Å². The molecule has 21 heavy (non-hydrogen) atoms. The Morgan fingerprint density at radius 3 is 2.57 bits per heavy atom. The molecule has 5 heteroatoms. The Balaban J connectivity index is 1.93. The van der Waals surface area contributed by atoms with Crippen molar-refractivity contribution in [3.05, 3.63) is 54.0 Å². The maximum absolute atomic E-state index is 12.8. The number of benzene rings is 1. The monoisotopic (exact) mass is 288 g/mol. The van der Waals surface area contributed by atoms with E-state index >= 15 is 0 Å². The van der Waals surface area contributed by atoms with Crippen molar-refractivity contribution in [2.24, 2.45) is 5.92 Å². The van der Waals surface area contributed by atoms with Gasteiger partial charge < -0.3 is 10.1 Å². The number of halogens is 1. The fourth-order valence-corrected chi connectivity index (χ4v) is 1.91. The van der Waals surface area contributed by atoms with E-state index in [-0.39, 0.29) is 17.6 Å². The van der Waals surface area contributed by atoms with Gasteiger partial charge in [-0.25, -0.2) is 9.37 Å². The first kappa shape index (κ1) is 15.0. The third-order valence-corrected chi connectivity index (χ3v) is 3.12. The van der Waals surface area contributed by atoms with Gasteiger partial charge in [-0.15, -0.1) is 0 Å². The number of hydrogen-bond acceptors (Lipinski definition) is 3. The molecule has 2 aromatic rings. The van der Waals surface area contributed by atoms with Crippen LogP contribution in [-0.2, 0) is 11.2 Å². The maximum atomic E-state index is 12.8. The van der Waals surface area contributed by atoms with Gasteiger partial charge in [-0.2, -0.15) is 0 Å². The highest BCUT2D eigenvalue weighted by Gasteiger charge is 2.14. The highest BCUT2D eigenvalue weighted by atomic mass is 19.1. The van der Waals surface area contributed by atoms with Gasteiger partial charge in [0.25, 0.3) is 0 Å². The maximum Gasteiger partial charge on any atom is 0.227 e. The van der Waals surface area contributed by atoms with Crippen LogP contribution in [0.4, 0.5) is 10.1 Å². The van der Waals surface area contributed by atoms with E-state index in [2.05, 4.69) is 10.3 Å². The zero-order chi connectivity index (χ0) is 15.2. The van der Waals surface area contributed by atoms with Crippen molar-refractivity contribution >= 4 is 11.6 Å². The van der Waals surface area contributed by atoms with E-state index in [0.717, 1.165) is 5.56 Å². The molecule has 1 aromatic carbocycles. The van der Waals surface area contributed by atoms with Crippen molar-refractivity contribution in [2.45, 2.75) is 13.3 Å². The smallest absolute Gasteiger partial charge is 0.227 e. The molecular formula is C16H17FN2O2. The molecule has 1 heterocycles. The number of carbonyl (C=O) groups is 1. The van der Waals surface area contributed by atoms with E-state index in [0.29, 0.717) is 18.0 Å². The predicted octanol–water partition coefficient (Wildman–Crippen LogP) is 3.05. The Morgan fingerprint density at radius 1 is 1.29 bits per heavy atom. The summed E-state index contributed by atoms with van der Waals surface area (Å²) in [6.07, 6.45) is 2.09. The number of ether oxygens (including phenoxy) is 1. The van der Waals surface area contributed by atoms with Gasteiger partial charge in [0.15, 0.2) is 0 Å². The SMILES string of the molecule is COc1ccc(NC(=O)C(C)Cc2ccc(F)cc2)cn1. The topological polar surface area (TPSA) is 51.2 Å². The van der Waals surface area contributed by atoms with Crippen LogP contribution < -0.4 is 10.1 Å². The summed E-state index contributed by atoms with van der Waals surface area (Å²) >= 11 is 0. The average molecular weight is 288 g/mol. The van der Waals surface area contributed by atoms with Gasteiger partial charge in [0.2, 0.25) is 11.8 Å². The molecule has 1 N–H and O–H groups in total. The molecule has 0 aliphatic rings. The summed E-state index contributed by atoms with van der Waals surface area (Å²) in [7, 11) is 1.53. The molecule has 0 saturated heterocycles. The van der Waals surface area contributed by atoms with Crippen LogP contribution in [0.2, 0.25) is 0 Å². The zero-order valence-electron chi connectivity index (χ0n) is 12.0. The van der Waals surface area contributed by atoms with Gasteiger partial charge in [-0.05, 0) is 30.2 Å². The van der Waals surface area contributed by atoms with Crippen LogP contribution in [0.1, 0.15) is 12.5 Å². The van der Waals surface area contributed by atoms with Crippen LogP contribution in [0, 0.1) is 11.7 Å². The van der Waals surface area contributed by atoms with E-state index < -0.39 is 0 Å². The molecule has 0 aliphatic carbocycles. The number of hydrogen-bond donors (Lipinski definition) is 1. The minimum absolute atomic E-state index is 0.105. The molecule has 0 fully saturated rings. The number of carbonyl (C=O) groups excluding carboxylic acids is 1. The fourth-order valence-electron chi connectivity index (χ4n) is 1.91. The van der Waals surface area contributed by atoms with Crippen molar-refractivity contribution in [1.29, 1.82) is 0 Å². The van der Waals surface area contributed by atoms with Crippen molar-refractivity contribution < 1.29 is 13.9 Å². The molecule has 0 radical (unpaired) electrons. The van der Waals surface area contributed by atoms with Crippen LogP contribution >= 0.6 is 0 Å². The third kappa shape index (κ3) is 4.27. The fraction of sp³-hybridized carbons (Fsp3) is 0.250. The van der Waals surface area contributed by atoms with Gasteiger partial charge in [-0.1, -0.05) is 19.1 Å². The molecule has 110 valence electrons. The van der Waals surface area contributed by atoms with Gasteiger partial charge in [0.05, 0.1) is 19.0 Å². The van der Waals surface area contributed by atoms with Crippen molar-refractivity contribution in [3.63, 3.8) is 0 Å². The minimum Gasteiger partial charge on any atom is -0.481 e. The van der Waals surface area contributed by atoms with Crippen LogP contribution in [0.3, 0.4) is 0 Å². The molecule has 1 amide bonds. The summed E-state index contributed by atoms with van der Waals surface area (Å²) in [6, 6.07) is 9.58. The number of pyridine rings is 1. The summed E-state index contributed by atoms with van der Waals surface area (Å²) in [5.74, 6) is -0.114. The summed E-state index contributed by atoms with van der Waals surface area (Å²) < 4.78 is 17.8. The van der Waals surface area contributed by atoms with E-state index in [1.165, 1.54) is 19.2 Å². The van der Waals surface area contributed by atoms with Crippen molar-refractivity contribution in [2.75, 3.05) is 12.4 Å². The first-order valence-electron chi connectivity index (χ1n) is 6.64. The number of methoxy groups -OCH3 is 1. The molecular weight excluding hydrogens is 271 g/mol. The molecule has 0 spiro atoms. The normalized spacial score (nSPS) is 11.8. The minimum atomic E-state index is -0.278. The largest absolute Gasteiger partial charge is 0.481 e. The predicted molar refractivity (Wildman–Crippen MR) is 78.7 cm³/mol. The Bertz CT molecular complexity index is 597. The molecule has 1 unspecified atom stereocenters. The highest BCUT2D eigenvalue weighted by Crippen LogP contribution is 2.14.